The van der Waals surface area contributed by atoms with Crippen LogP contribution in [0.1, 0.15) is 71.9 Å². The molecule has 0 aromatic carbocycles. The lowest BCUT2D eigenvalue weighted by atomic mass is 10.0. The molecule has 1 aromatic rings. The van der Waals surface area contributed by atoms with E-state index in [9.17, 15) is 4.79 Å². The van der Waals surface area contributed by atoms with Gasteiger partial charge in [-0.2, -0.15) is 4.37 Å². The van der Waals surface area contributed by atoms with Crippen molar-refractivity contribution >= 4 is 23.3 Å². The molecule has 3 N–H and O–H groups in total. The number of aromatic nitrogens is 2. The molecule has 0 saturated heterocycles. The SMILES string of the molecule is CCCCCCOc1nsnc1C1=CCC[N+](C)([C@@H](C)OC(=O)[C@@H]([NH3+])CC(C)C)C1. The van der Waals surface area contributed by atoms with E-state index in [1.165, 1.54) is 31.0 Å². The van der Waals surface area contributed by atoms with Crippen molar-refractivity contribution < 1.29 is 24.5 Å². The van der Waals surface area contributed by atoms with Crippen LogP contribution in [0.2, 0.25) is 0 Å². The van der Waals surface area contributed by atoms with Gasteiger partial charge in [-0.1, -0.05) is 46.1 Å². The van der Waals surface area contributed by atoms with Gasteiger partial charge in [0.1, 0.15) is 12.2 Å². The minimum Gasteiger partial charge on any atom is -0.475 e. The van der Waals surface area contributed by atoms with Crippen LogP contribution in [0.5, 0.6) is 5.88 Å². The van der Waals surface area contributed by atoms with Crippen LogP contribution in [0.3, 0.4) is 0 Å². The average molecular weight is 441 g/mol. The van der Waals surface area contributed by atoms with Gasteiger partial charge in [0.25, 0.3) is 5.88 Å². The molecule has 0 fully saturated rings. The second-order valence-corrected chi connectivity index (χ2v) is 9.60. The van der Waals surface area contributed by atoms with Crippen molar-refractivity contribution in [3.63, 3.8) is 0 Å². The van der Waals surface area contributed by atoms with E-state index in [0.29, 0.717) is 22.9 Å². The highest BCUT2D eigenvalue weighted by Crippen LogP contribution is 2.31. The van der Waals surface area contributed by atoms with Crippen molar-refractivity contribution in [2.75, 3.05) is 26.7 Å². The van der Waals surface area contributed by atoms with Crippen molar-refractivity contribution in [2.45, 2.75) is 78.5 Å². The first-order valence-corrected chi connectivity index (χ1v) is 12.0. The van der Waals surface area contributed by atoms with E-state index in [4.69, 9.17) is 9.47 Å². The smallest absolute Gasteiger partial charge is 0.369 e. The van der Waals surface area contributed by atoms with Crippen LogP contribution < -0.4 is 10.5 Å². The zero-order valence-electron chi connectivity index (χ0n) is 19.4. The van der Waals surface area contributed by atoms with Gasteiger partial charge in [0.15, 0.2) is 6.04 Å². The second-order valence-electron chi connectivity index (χ2n) is 9.07. The second kappa shape index (κ2) is 11.8. The van der Waals surface area contributed by atoms with Crippen LogP contribution in [0, 0.1) is 5.92 Å². The summed E-state index contributed by atoms with van der Waals surface area (Å²) in [6, 6.07) is -0.325. The Bertz CT molecular complexity index is 706. The summed E-state index contributed by atoms with van der Waals surface area (Å²) in [6.07, 6.45) is 8.27. The van der Waals surface area contributed by atoms with Crippen LogP contribution in [-0.2, 0) is 9.53 Å². The lowest BCUT2D eigenvalue weighted by Crippen LogP contribution is -2.67. The first kappa shape index (κ1) is 24.8. The van der Waals surface area contributed by atoms with Crippen LogP contribution >= 0.6 is 11.7 Å². The first-order chi connectivity index (χ1) is 14.3. The van der Waals surface area contributed by atoms with Gasteiger partial charge < -0.3 is 15.2 Å². The first-order valence-electron chi connectivity index (χ1n) is 11.3. The zero-order valence-corrected chi connectivity index (χ0v) is 20.2. The maximum absolute atomic E-state index is 12.5. The van der Waals surface area contributed by atoms with E-state index in [-0.39, 0.29) is 18.2 Å². The summed E-state index contributed by atoms with van der Waals surface area (Å²) < 4.78 is 21.3. The Labute approximate surface area is 185 Å². The normalized spacial score (nSPS) is 21.2. The Balaban J connectivity index is 1.98. The molecule has 0 saturated carbocycles. The highest BCUT2D eigenvalue weighted by atomic mass is 32.1. The quantitative estimate of drug-likeness (QED) is 0.306. The number of rotatable bonds is 12. The molecule has 2 rings (SSSR count). The number of likely N-dealkylation sites (N-methyl/N-ethyl adjacent to an activating group) is 1. The topological polar surface area (TPSA) is 89.0 Å². The highest BCUT2D eigenvalue weighted by Gasteiger charge is 2.38. The van der Waals surface area contributed by atoms with Crippen molar-refractivity contribution in [1.82, 2.24) is 8.75 Å². The molecule has 0 spiro atoms. The van der Waals surface area contributed by atoms with E-state index >= 15 is 0 Å². The largest absolute Gasteiger partial charge is 0.475 e. The Morgan fingerprint density at radius 2 is 2.03 bits per heavy atom. The van der Waals surface area contributed by atoms with Gasteiger partial charge in [0.2, 0.25) is 6.23 Å². The summed E-state index contributed by atoms with van der Waals surface area (Å²) in [7, 11) is 2.14. The molecule has 0 aliphatic carbocycles. The fourth-order valence-corrected chi connectivity index (χ4v) is 4.31. The molecule has 1 unspecified atom stereocenters. The minimum absolute atomic E-state index is 0.210. The minimum atomic E-state index is -0.325. The standard InChI is InChI=1S/C22H39N4O3S/c1-6-7-8-9-13-28-21-20(24-30-25-21)18-11-10-12-26(5,15-18)17(4)29-22(27)19(23)14-16(2)3/h11,16-17,19H,6-10,12-15,23H2,1-5H3/q+1/p+1/t17-,19+,26?/m1/s1. The van der Waals surface area contributed by atoms with Gasteiger partial charge in [-0.15, -0.1) is 4.37 Å². The van der Waals surface area contributed by atoms with Gasteiger partial charge in [-0.3, -0.25) is 4.48 Å². The lowest BCUT2D eigenvalue weighted by molar-refractivity contribution is -0.944. The highest BCUT2D eigenvalue weighted by molar-refractivity contribution is 6.99. The number of hydrogen-bond donors (Lipinski definition) is 1. The fourth-order valence-electron chi connectivity index (χ4n) is 3.77. The Hall–Kier alpha value is -1.51. The van der Waals surface area contributed by atoms with Gasteiger partial charge in [-0.05, 0) is 12.3 Å². The maximum atomic E-state index is 12.5. The van der Waals surface area contributed by atoms with E-state index in [1.807, 2.05) is 6.92 Å². The molecule has 0 bridgehead atoms. The molecule has 1 aromatic heterocycles. The molecule has 1 aliphatic heterocycles. The number of nitrogens with zero attached hydrogens (tertiary/aromatic N) is 3. The molecule has 170 valence electrons. The summed E-state index contributed by atoms with van der Waals surface area (Å²) >= 11 is 1.19. The van der Waals surface area contributed by atoms with Gasteiger partial charge in [0, 0.05) is 25.3 Å². The monoisotopic (exact) mass is 440 g/mol. The molecule has 30 heavy (non-hydrogen) atoms. The molecular weight excluding hydrogens is 400 g/mol. The number of quaternary nitrogens is 2. The van der Waals surface area contributed by atoms with Crippen molar-refractivity contribution in [3.05, 3.63) is 11.8 Å². The molecule has 1 aliphatic rings. The summed E-state index contributed by atoms with van der Waals surface area (Å²) in [5, 5.41) is 0. The van der Waals surface area contributed by atoms with E-state index in [2.05, 4.69) is 48.4 Å². The number of esters is 1. The lowest BCUT2D eigenvalue weighted by Gasteiger charge is -2.41. The van der Waals surface area contributed by atoms with E-state index in [1.54, 1.807) is 0 Å². The Morgan fingerprint density at radius 3 is 2.73 bits per heavy atom. The number of ether oxygens (including phenoxy) is 2. The maximum Gasteiger partial charge on any atom is 0.369 e. The molecule has 8 heteroatoms. The average Bonchev–Trinajstić information content (AvgIpc) is 3.16. The Kier molecular flexibility index (Phi) is 9.71. The van der Waals surface area contributed by atoms with Crippen LogP contribution in [0.4, 0.5) is 0 Å². The van der Waals surface area contributed by atoms with E-state index in [0.717, 1.165) is 43.6 Å². The molecule has 3 atom stereocenters. The third kappa shape index (κ3) is 7.03. The Morgan fingerprint density at radius 1 is 1.27 bits per heavy atom. The van der Waals surface area contributed by atoms with Crippen molar-refractivity contribution in [2.24, 2.45) is 5.92 Å². The zero-order chi connectivity index (χ0) is 22.1. The van der Waals surface area contributed by atoms with Crippen LogP contribution in [-0.4, -0.2) is 58.2 Å². The number of carbonyl (C=O) groups is 1. The van der Waals surface area contributed by atoms with Crippen LogP contribution in [0.25, 0.3) is 5.57 Å². The molecular formula is C22H40N4O3S+2. The summed E-state index contributed by atoms with van der Waals surface area (Å²) in [6.45, 7) is 10.7. The van der Waals surface area contributed by atoms with Gasteiger partial charge in [0.05, 0.1) is 31.9 Å². The fraction of sp³-hybridized carbons (Fsp3) is 0.773. The summed E-state index contributed by atoms with van der Waals surface area (Å²) in [5.41, 5.74) is 5.95. The van der Waals surface area contributed by atoms with Crippen LogP contribution in [0.15, 0.2) is 6.08 Å². The molecule has 0 amide bonds. The summed E-state index contributed by atoms with van der Waals surface area (Å²) in [5.74, 6) is 0.843. The van der Waals surface area contributed by atoms with Gasteiger partial charge >= 0.3 is 5.97 Å². The number of hydrogen-bond acceptors (Lipinski definition) is 6. The number of carbonyl (C=O) groups excluding carboxylic acids is 1. The predicted molar refractivity (Wildman–Crippen MR) is 120 cm³/mol. The van der Waals surface area contributed by atoms with Crippen molar-refractivity contribution in [1.29, 1.82) is 0 Å². The molecule has 7 nitrogen and oxygen atoms in total. The molecule has 0 radical (unpaired) electrons. The van der Waals surface area contributed by atoms with E-state index < -0.39 is 0 Å². The summed E-state index contributed by atoms with van der Waals surface area (Å²) in [4.78, 5) is 12.5. The molecule has 2 heterocycles. The third-order valence-corrected chi connectivity index (χ3v) is 6.33. The predicted octanol–water partition coefficient (Wildman–Crippen LogP) is 3.28. The third-order valence-electron chi connectivity index (χ3n) is 5.82. The number of unbranched alkanes of at least 4 members (excludes halogenated alkanes) is 3. The van der Waals surface area contributed by atoms with Crippen molar-refractivity contribution in [3.8, 4) is 5.88 Å². The van der Waals surface area contributed by atoms with Gasteiger partial charge in [-0.25, -0.2) is 4.79 Å².